The largest absolute Gasteiger partial charge is 0.456 e. The maximum absolute atomic E-state index is 6.43. The third-order valence-corrected chi connectivity index (χ3v) is 10.1. The van der Waals surface area contributed by atoms with Crippen LogP contribution in [0, 0.1) is 0 Å². The molecule has 3 heterocycles. The fourth-order valence-electron chi connectivity index (χ4n) is 7.60. The third-order valence-electron chi connectivity index (χ3n) is 10.1. The lowest BCUT2D eigenvalue weighted by atomic mass is 9.97. The second kappa shape index (κ2) is 11.2. The van der Waals surface area contributed by atoms with Crippen molar-refractivity contribution in [2.24, 2.45) is 0 Å². The van der Waals surface area contributed by atoms with Gasteiger partial charge in [0.15, 0.2) is 17.5 Å². The highest BCUT2D eigenvalue weighted by atomic mass is 16.3. The molecule has 5 heteroatoms. The minimum atomic E-state index is 0.577. The van der Waals surface area contributed by atoms with Crippen LogP contribution in [0.3, 0.4) is 0 Å². The van der Waals surface area contributed by atoms with E-state index in [1.807, 2.05) is 54.6 Å². The standard InChI is InChI=1S/C47H27N3O2/c1-2-11-30(12-3-1)45-48-46(50-47(49-45)33-18-22-38-43(27-33)52-41-24-19-29-10-5-7-15-36(29)44(38)41)32-20-23-40-39(25-32)37-21-17-31(26-42(37)51-40)35-16-8-13-28-9-4-6-14-34(28)35/h1-27H. The van der Waals surface area contributed by atoms with Crippen molar-refractivity contribution < 1.29 is 8.83 Å². The number of fused-ring (bicyclic) bond motifs is 9. The van der Waals surface area contributed by atoms with Crippen molar-refractivity contribution in [1.82, 2.24) is 15.0 Å². The first-order chi connectivity index (χ1) is 25.7. The summed E-state index contributed by atoms with van der Waals surface area (Å²) in [6.45, 7) is 0. The molecule has 0 aliphatic rings. The van der Waals surface area contributed by atoms with Crippen LogP contribution in [-0.4, -0.2) is 15.0 Å². The van der Waals surface area contributed by atoms with Gasteiger partial charge in [-0.15, -0.1) is 0 Å². The van der Waals surface area contributed by atoms with E-state index >= 15 is 0 Å². The number of aromatic nitrogens is 3. The summed E-state index contributed by atoms with van der Waals surface area (Å²) in [6, 6.07) is 56.4. The number of nitrogens with zero attached hydrogens (tertiary/aromatic N) is 3. The Bertz CT molecular complexity index is 3190. The quantitative estimate of drug-likeness (QED) is 0.187. The molecule has 0 fully saturated rings. The van der Waals surface area contributed by atoms with Gasteiger partial charge < -0.3 is 8.83 Å². The summed E-state index contributed by atoms with van der Waals surface area (Å²) in [5.74, 6) is 1.77. The van der Waals surface area contributed by atoms with Crippen molar-refractivity contribution in [2.45, 2.75) is 0 Å². The molecule has 242 valence electrons. The lowest BCUT2D eigenvalue weighted by Crippen LogP contribution is -2.00. The molecule has 11 aromatic rings. The zero-order valence-electron chi connectivity index (χ0n) is 27.7. The maximum Gasteiger partial charge on any atom is 0.164 e. The lowest BCUT2D eigenvalue weighted by molar-refractivity contribution is 0.669. The Morgan fingerprint density at radius 2 is 0.885 bits per heavy atom. The van der Waals surface area contributed by atoms with Crippen molar-refractivity contribution in [3.05, 3.63) is 164 Å². The number of hydrogen-bond acceptors (Lipinski definition) is 5. The highest BCUT2D eigenvalue weighted by Gasteiger charge is 2.17. The first kappa shape index (κ1) is 28.7. The molecule has 5 nitrogen and oxygen atoms in total. The summed E-state index contributed by atoms with van der Waals surface area (Å²) in [7, 11) is 0. The molecule has 11 rings (SSSR count). The Labute approximate surface area is 297 Å². The van der Waals surface area contributed by atoms with Gasteiger partial charge >= 0.3 is 0 Å². The SMILES string of the molecule is c1ccc(-c2nc(-c3ccc4c(c3)oc3ccc5ccccc5c34)nc(-c3ccc4oc5cc(-c6cccc7ccccc67)ccc5c4c3)n2)cc1. The molecule has 0 radical (unpaired) electrons. The predicted octanol–water partition coefficient (Wildman–Crippen LogP) is 12.6. The Balaban J connectivity index is 1.05. The van der Waals surface area contributed by atoms with E-state index in [-0.39, 0.29) is 0 Å². The molecule has 0 unspecified atom stereocenters. The Morgan fingerprint density at radius 1 is 0.308 bits per heavy atom. The van der Waals surface area contributed by atoms with E-state index in [1.165, 1.54) is 27.1 Å². The molecule has 0 aliphatic heterocycles. The minimum absolute atomic E-state index is 0.577. The van der Waals surface area contributed by atoms with Gasteiger partial charge in [0.25, 0.3) is 0 Å². The van der Waals surface area contributed by atoms with E-state index in [2.05, 4.69) is 109 Å². The van der Waals surface area contributed by atoms with E-state index in [0.29, 0.717) is 17.5 Å². The predicted molar refractivity (Wildman–Crippen MR) is 211 cm³/mol. The minimum Gasteiger partial charge on any atom is -0.456 e. The second-order valence-electron chi connectivity index (χ2n) is 13.2. The van der Waals surface area contributed by atoms with E-state index in [4.69, 9.17) is 23.8 Å². The number of benzene rings is 8. The van der Waals surface area contributed by atoms with Crippen molar-refractivity contribution in [1.29, 1.82) is 0 Å². The van der Waals surface area contributed by atoms with Gasteiger partial charge in [0.05, 0.1) is 0 Å². The molecule has 0 saturated carbocycles. The molecule has 52 heavy (non-hydrogen) atoms. The van der Waals surface area contributed by atoms with E-state index in [9.17, 15) is 0 Å². The van der Waals surface area contributed by atoms with Crippen LogP contribution in [0.1, 0.15) is 0 Å². The topological polar surface area (TPSA) is 65.0 Å². The van der Waals surface area contributed by atoms with Crippen LogP contribution in [0.15, 0.2) is 173 Å². The molecular weight excluding hydrogens is 639 g/mol. The normalized spacial score (nSPS) is 11.8. The van der Waals surface area contributed by atoms with Gasteiger partial charge in [-0.3, -0.25) is 0 Å². The summed E-state index contributed by atoms with van der Waals surface area (Å²) < 4.78 is 12.8. The van der Waals surface area contributed by atoms with Crippen molar-refractivity contribution in [3.63, 3.8) is 0 Å². The summed E-state index contributed by atoms with van der Waals surface area (Å²) in [5.41, 5.74) is 8.25. The van der Waals surface area contributed by atoms with Crippen molar-refractivity contribution >= 4 is 65.4 Å². The number of rotatable bonds is 4. The Hall–Kier alpha value is -7.11. The van der Waals surface area contributed by atoms with Crippen LogP contribution in [0.4, 0.5) is 0 Å². The number of hydrogen-bond donors (Lipinski definition) is 0. The van der Waals surface area contributed by atoms with Crippen LogP contribution >= 0.6 is 0 Å². The molecular formula is C47H27N3O2. The first-order valence-corrected chi connectivity index (χ1v) is 17.3. The van der Waals surface area contributed by atoms with Crippen LogP contribution < -0.4 is 0 Å². The third kappa shape index (κ3) is 4.53. The zero-order chi connectivity index (χ0) is 34.2. The fourth-order valence-corrected chi connectivity index (χ4v) is 7.60. The highest BCUT2D eigenvalue weighted by molar-refractivity contribution is 6.19. The summed E-state index contributed by atoms with van der Waals surface area (Å²) in [5, 5.41) is 9.02. The van der Waals surface area contributed by atoms with Crippen LogP contribution in [0.2, 0.25) is 0 Å². The monoisotopic (exact) mass is 665 g/mol. The van der Waals surface area contributed by atoms with E-state index in [1.54, 1.807) is 0 Å². The fraction of sp³-hybridized carbons (Fsp3) is 0. The molecule has 0 N–H and O–H groups in total. The molecule has 0 amide bonds. The van der Waals surface area contributed by atoms with Gasteiger partial charge in [0, 0.05) is 38.2 Å². The first-order valence-electron chi connectivity index (χ1n) is 17.3. The van der Waals surface area contributed by atoms with Gasteiger partial charge in [-0.25, -0.2) is 15.0 Å². The van der Waals surface area contributed by atoms with Crippen LogP contribution in [0.5, 0.6) is 0 Å². The zero-order valence-corrected chi connectivity index (χ0v) is 27.7. The van der Waals surface area contributed by atoms with E-state index < -0.39 is 0 Å². The molecule has 3 aromatic heterocycles. The lowest BCUT2D eigenvalue weighted by Gasteiger charge is -2.08. The number of furan rings is 2. The van der Waals surface area contributed by atoms with Gasteiger partial charge in [-0.05, 0) is 81.2 Å². The van der Waals surface area contributed by atoms with E-state index in [0.717, 1.165) is 66.1 Å². The summed E-state index contributed by atoms with van der Waals surface area (Å²) in [4.78, 5) is 15.1. The van der Waals surface area contributed by atoms with Gasteiger partial charge in [-0.2, -0.15) is 0 Å². The van der Waals surface area contributed by atoms with Crippen LogP contribution in [0.25, 0.3) is 111 Å². The van der Waals surface area contributed by atoms with Crippen molar-refractivity contribution in [2.75, 3.05) is 0 Å². The summed E-state index contributed by atoms with van der Waals surface area (Å²) in [6.07, 6.45) is 0. The van der Waals surface area contributed by atoms with Crippen LogP contribution in [-0.2, 0) is 0 Å². The summed E-state index contributed by atoms with van der Waals surface area (Å²) >= 11 is 0. The van der Waals surface area contributed by atoms with Gasteiger partial charge in [0.2, 0.25) is 0 Å². The molecule has 0 aliphatic carbocycles. The average Bonchev–Trinajstić information content (AvgIpc) is 3.78. The highest BCUT2D eigenvalue weighted by Crippen LogP contribution is 2.38. The van der Waals surface area contributed by atoms with Crippen molar-refractivity contribution in [3.8, 4) is 45.3 Å². The average molecular weight is 666 g/mol. The molecule has 0 bridgehead atoms. The molecule has 0 spiro atoms. The molecule has 0 saturated heterocycles. The Morgan fingerprint density at radius 3 is 1.73 bits per heavy atom. The maximum atomic E-state index is 6.43. The Kier molecular flexibility index (Phi) is 6.18. The smallest absolute Gasteiger partial charge is 0.164 e. The second-order valence-corrected chi connectivity index (χ2v) is 13.2. The van der Waals surface area contributed by atoms with Gasteiger partial charge in [-0.1, -0.05) is 115 Å². The molecule has 8 aromatic carbocycles. The molecule has 0 atom stereocenters. The van der Waals surface area contributed by atoms with Gasteiger partial charge in [0.1, 0.15) is 22.3 Å².